The molecule has 0 bridgehead atoms. The van der Waals surface area contributed by atoms with Gasteiger partial charge in [-0.2, -0.15) is 13.2 Å². The van der Waals surface area contributed by atoms with Gasteiger partial charge in [0.2, 0.25) is 5.88 Å². The predicted molar refractivity (Wildman–Crippen MR) is 45.1 cm³/mol. The number of hydrogen-bond donors (Lipinski definition) is 1. The van der Waals surface area contributed by atoms with Crippen LogP contribution >= 0.6 is 0 Å². The Kier molecular flexibility index (Phi) is 3.13. The fourth-order valence-corrected chi connectivity index (χ4v) is 1.05. The number of nitrogens with two attached hydrogens (primary N) is 1. The van der Waals surface area contributed by atoms with E-state index in [0.29, 0.717) is 0 Å². The van der Waals surface area contributed by atoms with Crippen LogP contribution in [0.2, 0.25) is 0 Å². The number of nitrogen functional groups attached to an aromatic ring is 1. The molecule has 1 aromatic rings. The van der Waals surface area contributed by atoms with E-state index < -0.39 is 35.2 Å². The smallest absolute Gasteiger partial charge is 0.398 e. The molecule has 0 saturated carbocycles. The molecule has 0 aromatic carbocycles. The van der Waals surface area contributed by atoms with Crippen molar-refractivity contribution in [3.05, 3.63) is 17.3 Å². The summed E-state index contributed by atoms with van der Waals surface area (Å²) in [7, 11) is 0. The number of ether oxygens (including phenoxy) is 1. The molecule has 0 unspecified atom stereocenters. The second-order valence-electron chi connectivity index (χ2n) is 3.06. The van der Waals surface area contributed by atoms with Gasteiger partial charge < -0.3 is 10.5 Å². The van der Waals surface area contributed by atoms with Gasteiger partial charge >= 0.3 is 12.5 Å². The molecular weight excluding hydrogens is 254 g/mol. The molecule has 0 amide bonds. The Balaban J connectivity index is 3.21. The number of rotatable bonds is 1. The zero-order chi connectivity index (χ0) is 13.4. The molecule has 0 atom stereocenters. The molecule has 0 fully saturated rings. The van der Waals surface area contributed by atoms with Crippen molar-refractivity contribution in [1.29, 1.82) is 0 Å². The largest absolute Gasteiger partial charge is 0.574 e. The minimum atomic E-state index is -5.04. The molecule has 0 spiro atoms. The van der Waals surface area contributed by atoms with Gasteiger partial charge in [-0.3, -0.25) is 0 Å². The molecule has 0 aliphatic heterocycles. The molecule has 0 saturated heterocycles. The second-order valence-corrected chi connectivity index (χ2v) is 3.06. The maximum atomic E-state index is 12.3. The molecule has 0 radical (unpaired) electrons. The zero-order valence-corrected chi connectivity index (χ0v) is 8.28. The fraction of sp³-hybridized carbons (Fsp3) is 0.375. The highest BCUT2D eigenvalue weighted by Crippen LogP contribution is 2.37. The Bertz CT molecular complexity index is 425. The van der Waals surface area contributed by atoms with E-state index >= 15 is 0 Å². The lowest BCUT2D eigenvalue weighted by Gasteiger charge is -2.15. The summed E-state index contributed by atoms with van der Waals surface area (Å²) >= 11 is 0. The van der Waals surface area contributed by atoms with Gasteiger partial charge in [-0.1, -0.05) is 0 Å². The topological polar surface area (TPSA) is 48.1 Å². The number of aromatic nitrogens is 1. The molecular formula is C8H6F6N2O. The quantitative estimate of drug-likeness (QED) is 0.790. The number of hydrogen-bond acceptors (Lipinski definition) is 3. The summed E-state index contributed by atoms with van der Waals surface area (Å²) < 4.78 is 76.0. The Morgan fingerprint density at radius 3 is 2.12 bits per heavy atom. The SMILES string of the molecule is Cc1c(OC(F)(F)F)ncc(C(F)(F)F)c1N. The van der Waals surface area contributed by atoms with Crippen LogP contribution in [0.1, 0.15) is 11.1 Å². The third-order valence-electron chi connectivity index (χ3n) is 1.84. The van der Waals surface area contributed by atoms with E-state index in [1.54, 1.807) is 0 Å². The lowest BCUT2D eigenvalue weighted by molar-refractivity contribution is -0.276. The Morgan fingerprint density at radius 2 is 1.71 bits per heavy atom. The van der Waals surface area contributed by atoms with Crippen molar-refractivity contribution in [3.63, 3.8) is 0 Å². The van der Waals surface area contributed by atoms with Gasteiger partial charge in [-0.25, -0.2) is 4.98 Å². The summed E-state index contributed by atoms with van der Waals surface area (Å²) in [6.07, 6.45) is -9.62. The third-order valence-corrected chi connectivity index (χ3v) is 1.84. The molecule has 0 aliphatic rings. The molecule has 1 rings (SSSR count). The van der Waals surface area contributed by atoms with E-state index in [4.69, 9.17) is 5.73 Å². The Morgan fingerprint density at radius 1 is 1.18 bits per heavy atom. The van der Waals surface area contributed by atoms with Crippen LogP contribution in [0.25, 0.3) is 0 Å². The minimum absolute atomic E-state index is 0.198. The van der Waals surface area contributed by atoms with Gasteiger partial charge in [-0.15, -0.1) is 13.2 Å². The fourth-order valence-electron chi connectivity index (χ4n) is 1.05. The highest BCUT2D eigenvalue weighted by Gasteiger charge is 2.37. The van der Waals surface area contributed by atoms with E-state index in [2.05, 4.69) is 9.72 Å². The first kappa shape index (κ1) is 13.4. The Hall–Kier alpha value is -1.67. The lowest BCUT2D eigenvalue weighted by atomic mass is 10.1. The van der Waals surface area contributed by atoms with E-state index in [1.165, 1.54) is 0 Å². The van der Waals surface area contributed by atoms with Crippen LogP contribution < -0.4 is 10.5 Å². The highest BCUT2D eigenvalue weighted by molar-refractivity contribution is 5.57. The van der Waals surface area contributed by atoms with Gasteiger partial charge in [0, 0.05) is 11.8 Å². The Labute approximate surface area is 91.2 Å². The maximum absolute atomic E-state index is 12.3. The predicted octanol–water partition coefficient (Wildman–Crippen LogP) is 2.89. The number of pyridine rings is 1. The molecule has 2 N–H and O–H groups in total. The molecule has 9 heteroatoms. The first-order valence-electron chi connectivity index (χ1n) is 4.10. The molecule has 17 heavy (non-hydrogen) atoms. The van der Waals surface area contributed by atoms with Gasteiger partial charge in [0.15, 0.2) is 0 Å². The van der Waals surface area contributed by atoms with Gasteiger partial charge in [0.05, 0.1) is 11.3 Å². The van der Waals surface area contributed by atoms with Crippen LogP contribution in [0.15, 0.2) is 6.20 Å². The normalized spacial score (nSPS) is 12.6. The van der Waals surface area contributed by atoms with Crippen molar-refractivity contribution in [2.45, 2.75) is 19.5 Å². The first-order valence-corrected chi connectivity index (χ1v) is 4.10. The summed E-state index contributed by atoms with van der Waals surface area (Å²) in [4.78, 5) is 2.95. The monoisotopic (exact) mass is 260 g/mol. The first-order chi connectivity index (χ1) is 7.52. The van der Waals surface area contributed by atoms with Crippen LogP contribution in [-0.4, -0.2) is 11.3 Å². The third kappa shape index (κ3) is 3.14. The van der Waals surface area contributed by atoms with E-state index in [-0.39, 0.29) is 6.20 Å². The van der Waals surface area contributed by atoms with Crippen LogP contribution in [-0.2, 0) is 6.18 Å². The van der Waals surface area contributed by atoms with Crippen LogP contribution in [0.3, 0.4) is 0 Å². The summed E-state index contributed by atoms with van der Waals surface area (Å²) in [5.74, 6) is -0.997. The summed E-state index contributed by atoms with van der Waals surface area (Å²) in [5.41, 5.74) is 2.42. The van der Waals surface area contributed by atoms with Crippen LogP contribution in [0, 0.1) is 6.92 Å². The van der Waals surface area contributed by atoms with Crippen molar-refractivity contribution < 1.29 is 31.1 Å². The van der Waals surface area contributed by atoms with Crippen molar-refractivity contribution in [2.24, 2.45) is 0 Å². The van der Waals surface area contributed by atoms with E-state index in [1.807, 2.05) is 0 Å². The average Bonchev–Trinajstić information content (AvgIpc) is 2.08. The molecule has 3 nitrogen and oxygen atoms in total. The van der Waals surface area contributed by atoms with Crippen LogP contribution in [0.4, 0.5) is 32.0 Å². The summed E-state index contributed by atoms with van der Waals surface area (Å²) in [6, 6.07) is 0. The minimum Gasteiger partial charge on any atom is -0.398 e. The van der Waals surface area contributed by atoms with E-state index in [9.17, 15) is 26.3 Å². The summed E-state index contributed by atoms with van der Waals surface area (Å²) in [6.45, 7) is 0.957. The number of alkyl halides is 6. The number of nitrogens with zero attached hydrogens (tertiary/aromatic N) is 1. The molecule has 1 heterocycles. The van der Waals surface area contributed by atoms with Gasteiger partial charge in [0.1, 0.15) is 0 Å². The van der Waals surface area contributed by atoms with Gasteiger partial charge in [0.25, 0.3) is 0 Å². The van der Waals surface area contributed by atoms with E-state index in [0.717, 1.165) is 6.92 Å². The second kappa shape index (κ2) is 3.97. The molecule has 1 aromatic heterocycles. The van der Waals surface area contributed by atoms with Crippen molar-refractivity contribution >= 4 is 5.69 Å². The average molecular weight is 260 g/mol. The lowest BCUT2D eigenvalue weighted by Crippen LogP contribution is -2.20. The highest BCUT2D eigenvalue weighted by atomic mass is 19.4. The summed E-state index contributed by atoms with van der Waals surface area (Å²) in [5, 5.41) is 0. The molecule has 0 aliphatic carbocycles. The maximum Gasteiger partial charge on any atom is 0.574 e. The van der Waals surface area contributed by atoms with Crippen molar-refractivity contribution in [3.8, 4) is 5.88 Å². The van der Waals surface area contributed by atoms with Crippen molar-refractivity contribution in [1.82, 2.24) is 4.98 Å². The van der Waals surface area contributed by atoms with Crippen LogP contribution in [0.5, 0.6) is 5.88 Å². The standard InChI is InChI=1S/C8H6F6N2O/c1-3-5(15)4(7(9,10)11)2-16-6(3)17-8(12,13)14/h2H,1H3,(H2,15,16). The van der Waals surface area contributed by atoms with Gasteiger partial charge in [-0.05, 0) is 6.92 Å². The molecule has 96 valence electrons. The number of halogens is 6. The van der Waals surface area contributed by atoms with Crippen molar-refractivity contribution in [2.75, 3.05) is 5.73 Å². The zero-order valence-electron chi connectivity index (χ0n) is 8.28. The number of anilines is 1.